The maximum absolute atomic E-state index is 7.04. The minimum absolute atomic E-state index is 0.0526. The molecule has 4 nitrogen and oxygen atoms in total. The maximum Gasteiger partial charge on any atom is 0.290 e. The molecule has 280 valence electrons. The number of hydrogen-bond donors (Lipinski definition) is 0. The molecule has 1 aliphatic carbocycles. The molecule has 3 unspecified atom stereocenters. The van der Waals surface area contributed by atoms with Gasteiger partial charge in [0.1, 0.15) is 31.8 Å². The Kier molecular flexibility index (Phi) is 17.1. The average molecular weight is 733 g/mol. The van der Waals surface area contributed by atoms with Gasteiger partial charge < -0.3 is 18.3 Å². The van der Waals surface area contributed by atoms with Gasteiger partial charge in [0.15, 0.2) is 5.85 Å². The Hall–Kier alpha value is -2.98. The smallest absolute Gasteiger partial charge is 0.290 e. The standard InChI is InChI=1S/C43H60O4P2.C2H6/c1-16-23-28(5)36(17-2)46-49(19-4)47-41-30(7)27-35(43(13,14)15)32(9)39(41)38-31(8)34(42(10,11)12)26-29(6)40(38)45-48-37(18-3)44-33-24-21-20-22-25-33;1-2/h1,17,21,23-27,37,48H,18-20,22H2,2-15H3;1-2H3/b28-23-,36-17+;. The van der Waals surface area contributed by atoms with Crippen molar-refractivity contribution in [2.45, 2.75) is 147 Å². The Morgan fingerprint density at radius 1 is 0.922 bits per heavy atom. The number of benzene rings is 2. The first-order valence-corrected chi connectivity index (χ1v) is 21.0. The highest BCUT2D eigenvalue weighted by Gasteiger charge is 2.31. The third kappa shape index (κ3) is 11.5. The molecular weight excluding hydrogens is 666 g/mol. The molecule has 3 rings (SSSR count). The molecule has 0 aliphatic heterocycles. The van der Waals surface area contributed by atoms with E-state index in [1.54, 1.807) is 6.08 Å². The van der Waals surface area contributed by atoms with E-state index >= 15 is 0 Å². The topological polar surface area (TPSA) is 36.9 Å². The molecule has 2 aromatic rings. The van der Waals surface area contributed by atoms with Crippen LogP contribution < -0.4 is 9.05 Å². The largest absolute Gasteiger partial charge is 0.483 e. The van der Waals surface area contributed by atoms with Gasteiger partial charge in [-0.1, -0.05) is 93.4 Å². The molecule has 0 N–H and O–H groups in total. The van der Waals surface area contributed by atoms with Gasteiger partial charge in [-0.15, -0.1) is 6.42 Å². The van der Waals surface area contributed by atoms with Crippen molar-refractivity contribution in [1.82, 2.24) is 0 Å². The Labute approximate surface area is 315 Å². The predicted octanol–water partition coefficient (Wildman–Crippen LogP) is 14.4. The number of aryl methyl sites for hydroxylation is 2. The van der Waals surface area contributed by atoms with Gasteiger partial charge in [-0.2, -0.15) is 0 Å². The molecule has 6 heteroatoms. The quantitative estimate of drug-likeness (QED) is 0.0889. The van der Waals surface area contributed by atoms with E-state index in [0.717, 1.165) is 70.1 Å². The highest BCUT2D eigenvalue weighted by Crippen LogP contribution is 2.54. The summed E-state index contributed by atoms with van der Waals surface area (Å²) in [7, 11) is -1.21. The van der Waals surface area contributed by atoms with Crippen LogP contribution in [0.15, 0.2) is 59.6 Å². The van der Waals surface area contributed by atoms with Crippen molar-refractivity contribution in [3.05, 3.63) is 93.0 Å². The van der Waals surface area contributed by atoms with Gasteiger partial charge in [0.25, 0.3) is 8.38 Å². The van der Waals surface area contributed by atoms with Crippen molar-refractivity contribution in [3.8, 4) is 35.0 Å². The number of hydrogen-bond acceptors (Lipinski definition) is 4. The van der Waals surface area contributed by atoms with Crippen LogP contribution in [0.25, 0.3) is 11.1 Å². The molecule has 0 saturated carbocycles. The molecule has 1 aliphatic rings. The first-order valence-electron chi connectivity index (χ1n) is 18.7. The molecule has 3 atom stereocenters. The highest BCUT2D eigenvalue weighted by atomic mass is 31.2. The molecule has 2 aromatic carbocycles. The van der Waals surface area contributed by atoms with Crippen molar-refractivity contribution in [2.75, 3.05) is 6.16 Å². The summed E-state index contributed by atoms with van der Waals surface area (Å²) >= 11 is 0. The van der Waals surface area contributed by atoms with E-state index in [-0.39, 0.29) is 25.5 Å². The Bertz CT molecular complexity index is 1660. The van der Waals surface area contributed by atoms with E-state index in [4.69, 9.17) is 24.7 Å². The summed E-state index contributed by atoms with van der Waals surface area (Å²) in [5.74, 6) is 5.99. The SMILES string of the molecule is C#C/C=C(C)\C(=C/C)OP(CC)Oc1c(C)cc(C(C)(C)C)c(C)c1-c1c(C)c(C(C)(C)C)cc(C)c1OPC(CC)OC1=CCCC=C1.CC. The summed E-state index contributed by atoms with van der Waals surface area (Å²) < 4.78 is 27.0. The zero-order chi connectivity index (χ0) is 38.7. The number of rotatable bonds is 13. The summed E-state index contributed by atoms with van der Waals surface area (Å²) in [5.41, 5.74) is 10.1. The summed E-state index contributed by atoms with van der Waals surface area (Å²) in [5, 5.41) is 0. The van der Waals surface area contributed by atoms with Crippen molar-refractivity contribution in [2.24, 2.45) is 0 Å². The van der Waals surface area contributed by atoms with Crippen LogP contribution in [-0.4, -0.2) is 12.0 Å². The summed E-state index contributed by atoms with van der Waals surface area (Å²) in [4.78, 5) is 0. The monoisotopic (exact) mass is 732 g/mol. The first-order chi connectivity index (χ1) is 24.0. The maximum atomic E-state index is 7.04. The summed E-state index contributed by atoms with van der Waals surface area (Å²) in [6.07, 6.45) is 19.4. The number of allylic oxidation sites excluding steroid dienone is 6. The minimum Gasteiger partial charge on any atom is -0.483 e. The first kappa shape index (κ1) is 44.2. The van der Waals surface area contributed by atoms with Gasteiger partial charge in [0.2, 0.25) is 0 Å². The van der Waals surface area contributed by atoms with Crippen molar-refractivity contribution >= 4 is 17.2 Å². The molecule has 0 heterocycles. The fraction of sp³-hybridized carbons (Fsp3) is 0.511. The lowest BCUT2D eigenvalue weighted by Crippen LogP contribution is -2.17. The Morgan fingerprint density at radius 3 is 1.92 bits per heavy atom. The Morgan fingerprint density at radius 2 is 1.47 bits per heavy atom. The zero-order valence-corrected chi connectivity index (χ0v) is 36.5. The molecule has 0 radical (unpaired) electrons. The highest BCUT2D eigenvalue weighted by molar-refractivity contribution is 7.47. The van der Waals surface area contributed by atoms with Crippen molar-refractivity contribution < 1.29 is 18.3 Å². The lowest BCUT2D eigenvalue weighted by Gasteiger charge is -2.32. The minimum atomic E-state index is -1.33. The molecule has 0 spiro atoms. The second-order valence-corrected chi connectivity index (χ2v) is 17.7. The molecular formula is C45H66O4P2. The lowest BCUT2D eigenvalue weighted by atomic mass is 9.76. The van der Waals surface area contributed by atoms with Gasteiger partial charge in [-0.3, -0.25) is 0 Å². The van der Waals surface area contributed by atoms with Crippen LogP contribution in [-0.2, 0) is 20.1 Å². The van der Waals surface area contributed by atoms with E-state index in [0.29, 0.717) is 6.16 Å². The number of ether oxygens (including phenoxy) is 1. The molecule has 51 heavy (non-hydrogen) atoms. The molecule has 0 fully saturated rings. The lowest BCUT2D eigenvalue weighted by molar-refractivity contribution is 0.184. The third-order valence-electron chi connectivity index (χ3n) is 8.82. The van der Waals surface area contributed by atoms with Crippen LogP contribution >= 0.6 is 17.2 Å². The van der Waals surface area contributed by atoms with E-state index in [1.807, 2.05) is 33.8 Å². The van der Waals surface area contributed by atoms with Gasteiger partial charge in [0, 0.05) is 17.3 Å². The molecule has 0 aromatic heterocycles. The van der Waals surface area contributed by atoms with Crippen molar-refractivity contribution in [3.63, 3.8) is 0 Å². The fourth-order valence-corrected chi connectivity index (χ4v) is 8.32. The van der Waals surface area contributed by atoms with Crippen LogP contribution in [0, 0.1) is 40.0 Å². The van der Waals surface area contributed by atoms with E-state index in [9.17, 15) is 0 Å². The van der Waals surface area contributed by atoms with Gasteiger partial charge in [-0.25, -0.2) is 0 Å². The average Bonchev–Trinajstić information content (AvgIpc) is 3.08. The van der Waals surface area contributed by atoms with E-state index in [2.05, 4.69) is 119 Å². The molecule has 0 bridgehead atoms. The normalized spacial score (nSPS) is 15.1. The van der Waals surface area contributed by atoms with Crippen LogP contribution in [0.1, 0.15) is 136 Å². The van der Waals surface area contributed by atoms with Gasteiger partial charge >= 0.3 is 0 Å². The van der Waals surface area contributed by atoms with Crippen molar-refractivity contribution in [1.29, 1.82) is 0 Å². The summed E-state index contributed by atoms with van der Waals surface area (Å²) in [6, 6.07) is 4.60. The Balaban J connectivity index is 0.00000442. The van der Waals surface area contributed by atoms with Crippen LogP contribution in [0.3, 0.4) is 0 Å². The second kappa shape index (κ2) is 19.7. The zero-order valence-electron chi connectivity index (χ0n) is 34.6. The summed E-state index contributed by atoms with van der Waals surface area (Å²) in [6.45, 7) is 34.7. The molecule has 0 saturated heterocycles. The van der Waals surface area contributed by atoms with Gasteiger partial charge in [0.05, 0.1) is 0 Å². The third-order valence-corrected chi connectivity index (χ3v) is 11.2. The fourth-order valence-electron chi connectivity index (χ4n) is 6.26. The molecule has 0 amide bonds. The van der Waals surface area contributed by atoms with E-state index < -0.39 is 8.38 Å². The predicted molar refractivity (Wildman–Crippen MR) is 226 cm³/mol. The van der Waals surface area contributed by atoms with Crippen LogP contribution in [0.4, 0.5) is 0 Å². The van der Waals surface area contributed by atoms with Gasteiger partial charge in [-0.05, 0) is 135 Å². The van der Waals surface area contributed by atoms with Crippen LogP contribution in [0.2, 0.25) is 0 Å². The second-order valence-electron chi connectivity index (χ2n) is 14.9. The van der Waals surface area contributed by atoms with Crippen LogP contribution in [0.5, 0.6) is 11.5 Å². The number of terminal acetylenes is 1. The van der Waals surface area contributed by atoms with E-state index in [1.165, 1.54) is 22.3 Å².